The van der Waals surface area contributed by atoms with E-state index < -0.39 is 51.5 Å². The van der Waals surface area contributed by atoms with Gasteiger partial charge in [0.05, 0.1) is 48.4 Å². The van der Waals surface area contributed by atoms with Crippen molar-refractivity contribution in [2.75, 3.05) is 12.4 Å². The average Bonchev–Trinajstić information content (AvgIpc) is 2.69. The Morgan fingerprint density at radius 3 is 1.77 bits per heavy atom. The number of benzene rings is 1. The zero-order valence-electron chi connectivity index (χ0n) is 16.2. The fourth-order valence-corrected chi connectivity index (χ4v) is 3.11. The van der Waals surface area contributed by atoms with Gasteiger partial charge in [-0.15, -0.1) is 0 Å². The molecule has 0 saturated heterocycles. The van der Waals surface area contributed by atoms with Crippen LogP contribution in [0, 0.1) is 12.0 Å². The van der Waals surface area contributed by atoms with Crippen molar-refractivity contribution in [2.45, 2.75) is 25.3 Å². The van der Waals surface area contributed by atoms with Crippen LogP contribution in [0.4, 0.5) is 0 Å². The number of esters is 2. The molecule has 0 aliphatic heterocycles. The smallest absolute Gasteiger partial charge is 0.387 e. The van der Waals surface area contributed by atoms with E-state index in [1.54, 1.807) is 12.0 Å². The Balaban J connectivity index is 3.31. The van der Waals surface area contributed by atoms with Gasteiger partial charge in [-0.2, -0.15) is 8.42 Å². The predicted molar refractivity (Wildman–Crippen MR) is 112 cm³/mol. The van der Waals surface area contributed by atoms with E-state index in [1.807, 2.05) is 0 Å². The van der Waals surface area contributed by atoms with Crippen molar-refractivity contribution in [2.24, 2.45) is 0 Å². The second-order valence-electron chi connectivity index (χ2n) is 5.82. The summed E-state index contributed by atoms with van der Waals surface area (Å²) in [6.07, 6.45) is 0.988. The molecule has 0 fully saturated rings. The molecule has 0 bridgehead atoms. The fraction of sp³-hybridized carbons (Fsp3) is 0.353. The number of ether oxygens (including phenoxy) is 2. The van der Waals surface area contributed by atoms with Crippen LogP contribution in [0.25, 0.3) is 0 Å². The topological polar surface area (TPSA) is 144 Å². The lowest BCUT2D eigenvalue weighted by atomic mass is 9.72. The van der Waals surface area contributed by atoms with Crippen molar-refractivity contribution < 1.29 is 41.9 Å². The van der Waals surface area contributed by atoms with Crippen LogP contribution in [-0.4, -0.2) is 79.7 Å². The van der Waals surface area contributed by atoms with Crippen LogP contribution in [0.1, 0.15) is 43.0 Å². The first kappa shape index (κ1) is 26.4. The Labute approximate surface area is 184 Å². The third-order valence-electron chi connectivity index (χ3n) is 4.05. The highest BCUT2D eigenvalue weighted by Crippen LogP contribution is 2.30. The number of hydrogen-bond donors (Lipinski definition) is 2. The van der Waals surface area contributed by atoms with Crippen molar-refractivity contribution in [3.63, 3.8) is 0 Å². The molecule has 0 aliphatic carbocycles. The third-order valence-corrected chi connectivity index (χ3v) is 4.73. The van der Waals surface area contributed by atoms with Gasteiger partial charge in [-0.1, -0.05) is 36.4 Å². The second-order valence-corrected chi connectivity index (χ2v) is 7.40. The van der Waals surface area contributed by atoms with Gasteiger partial charge in [0.25, 0.3) is 10.1 Å². The summed E-state index contributed by atoms with van der Waals surface area (Å²) in [5.74, 6) is -3.06. The minimum Gasteiger partial charge on any atom is -0.478 e. The molecule has 0 saturated carbocycles. The average molecular weight is 438 g/mol. The van der Waals surface area contributed by atoms with Crippen molar-refractivity contribution in [1.29, 1.82) is 0 Å². The molecule has 8 radical (unpaired) electrons. The molecule has 31 heavy (non-hydrogen) atoms. The molecule has 1 aromatic carbocycles. The van der Waals surface area contributed by atoms with E-state index in [0.717, 1.165) is 0 Å². The molecular formula is C17H14B4O9S. The van der Waals surface area contributed by atoms with Gasteiger partial charge in [0, 0.05) is 0 Å². The highest BCUT2D eigenvalue weighted by atomic mass is 32.2. The van der Waals surface area contributed by atoms with E-state index >= 15 is 0 Å². The predicted octanol–water partition coefficient (Wildman–Crippen LogP) is -1.39. The lowest BCUT2D eigenvalue weighted by Gasteiger charge is -2.22. The quantitative estimate of drug-likeness (QED) is 0.206. The van der Waals surface area contributed by atoms with Gasteiger partial charge in [-0.25, -0.2) is 14.4 Å². The molecule has 0 heterocycles. The van der Waals surface area contributed by atoms with Gasteiger partial charge in [0.1, 0.15) is 18.5 Å². The molecule has 0 atom stereocenters. The van der Waals surface area contributed by atoms with E-state index in [1.165, 1.54) is 0 Å². The van der Waals surface area contributed by atoms with Crippen LogP contribution in [0.3, 0.4) is 0 Å². The Bertz CT molecular complexity index is 1040. The number of hydrogen-bond acceptors (Lipinski definition) is 7. The Morgan fingerprint density at radius 2 is 1.35 bits per heavy atom. The summed E-state index contributed by atoms with van der Waals surface area (Å²) in [7, 11) is 18.5. The first-order chi connectivity index (χ1) is 14.5. The van der Waals surface area contributed by atoms with Gasteiger partial charge >= 0.3 is 17.9 Å². The normalized spacial score (nSPS) is 10.6. The fourth-order valence-electron chi connectivity index (χ4n) is 2.81. The van der Waals surface area contributed by atoms with Crippen molar-refractivity contribution in [3.05, 3.63) is 33.4 Å². The molecule has 0 aliphatic rings. The Hall–Kier alpha value is -2.64. The molecular weight excluding hydrogens is 423 g/mol. The number of rotatable bonds is 9. The summed E-state index contributed by atoms with van der Waals surface area (Å²) in [6, 6.07) is 0. The van der Waals surface area contributed by atoms with Crippen LogP contribution in [0.5, 0.6) is 0 Å². The van der Waals surface area contributed by atoms with Crippen LogP contribution in [0.2, 0.25) is 0 Å². The number of carbonyl (C=O) groups is 3. The van der Waals surface area contributed by atoms with Crippen molar-refractivity contribution in [1.82, 2.24) is 0 Å². The summed E-state index contributed by atoms with van der Waals surface area (Å²) < 4.78 is 38.7. The minimum absolute atomic E-state index is 0.0807. The number of carbonyl (C=O) groups excluding carboxylic acids is 2. The Kier molecular flexibility index (Phi) is 9.94. The molecule has 0 aromatic heterocycles. The number of aromatic carboxylic acids is 1. The zero-order chi connectivity index (χ0) is 23.8. The van der Waals surface area contributed by atoms with E-state index in [2.05, 4.69) is 9.47 Å². The van der Waals surface area contributed by atoms with E-state index in [4.69, 9.17) is 35.9 Å². The van der Waals surface area contributed by atoms with Crippen molar-refractivity contribution in [3.8, 4) is 12.0 Å². The van der Waals surface area contributed by atoms with E-state index in [0.29, 0.717) is 11.1 Å². The maximum atomic E-state index is 12.6. The van der Waals surface area contributed by atoms with Crippen LogP contribution < -0.4 is 0 Å². The molecule has 0 spiro atoms. The molecule has 14 heteroatoms. The molecule has 154 valence electrons. The van der Waals surface area contributed by atoms with Crippen molar-refractivity contribution >= 4 is 59.4 Å². The maximum Gasteiger partial charge on any atom is 0.387 e. The number of carboxylic acids is 1. The second kappa shape index (κ2) is 11.7. The molecule has 0 amide bonds. The standard InChI is InChI=1S/C17H14B4O9S/c18-5-9-10(6-19)12(8-21)15(14(16(23)24)11(9)7-20)17(25)30-2-1-13(22)29-3-4-31(26,27)28/h3-8H2,(H,23,24)(H,26,27,28). The summed E-state index contributed by atoms with van der Waals surface area (Å²) in [5, 5.41) is 9.65. The summed E-state index contributed by atoms with van der Waals surface area (Å²) >= 11 is 0. The summed E-state index contributed by atoms with van der Waals surface area (Å²) in [5.41, 5.74) is -0.0320. The zero-order valence-corrected chi connectivity index (χ0v) is 17.0. The first-order valence-electron chi connectivity index (χ1n) is 8.59. The number of carboxylic acid groups (broad SMARTS) is 1. The first-order valence-corrected chi connectivity index (χ1v) is 10.2. The summed E-state index contributed by atoms with van der Waals surface area (Å²) in [4.78, 5) is 35.9. The monoisotopic (exact) mass is 438 g/mol. The van der Waals surface area contributed by atoms with E-state index in [9.17, 15) is 27.9 Å². The lowest BCUT2D eigenvalue weighted by molar-refractivity contribution is -0.136. The van der Waals surface area contributed by atoms with Crippen LogP contribution in [0.15, 0.2) is 0 Å². The van der Waals surface area contributed by atoms with Crippen LogP contribution >= 0.6 is 0 Å². The highest BCUT2D eigenvalue weighted by Gasteiger charge is 2.28. The highest BCUT2D eigenvalue weighted by molar-refractivity contribution is 7.85. The SMILES string of the molecule is [B]Cc1c(C[B])c(C[B])c(C(=O)OC#CC(=O)OCCS(=O)(=O)O)c(C(=O)O)c1C[B]. The third kappa shape index (κ3) is 6.94. The van der Waals surface area contributed by atoms with Crippen LogP contribution in [-0.2, 0) is 49.7 Å². The van der Waals surface area contributed by atoms with Gasteiger partial charge in [0.2, 0.25) is 0 Å². The van der Waals surface area contributed by atoms with Gasteiger partial charge in [-0.05, 0) is 11.1 Å². The molecule has 1 rings (SSSR count). The van der Waals surface area contributed by atoms with Gasteiger partial charge in [0.15, 0.2) is 0 Å². The summed E-state index contributed by atoms with van der Waals surface area (Å²) in [6.45, 7) is -0.680. The van der Waals surface area contributed by atoms with Gasteiger partial charge < -0.3 is 14.6 Å². The largest absolute Gasteiger partial charge is 0.478 e. The lowest BCUT2D eigenvalue weighted by Crippen LogP contribution is -2.21. The maximum absolute atomic E-state index is 12.6. The molecule has 9 nitrogen and oxygen atoms in total. The minimum atomic E-state index is -4.34. The van der Waals surface area contributed by atoms with E-state index in [-0.39, 0.29) is 36.4 Å². The molecule has 2 N–H and O–H groups in total. The molecule has 1 aromatic rings. The van der Waals surface area contributed by atoms with Gasteiger partial charge in [-0.3, -0.25) is 4.55 Å². The molecule has 0 unspecified atom stereocenters. The Morgan fingerprint density at radius 1 is 0.871 bits per heavy atom.